The van der Waals surface area contributed by atoms with E-state index in [2.05, 4.69) is 4.99 Å². The Hall–Kier alpha value is -0.790. The number of rotatable bonds is 0. The van der Waals surface area contributed by atoms with Crippen molar-refractivity contribution in [3.63, 3.8) is 0 Å². The molecule has 0 saturated heterocycles. The average Bonchev–Trinajstić information content (AvgIpc) is 1.72. The maximum Gasteiger partial charge on any atom is 0.123 e. The summed E-state index contributed by atoms with van der Waals surface area (Å²) in [5.74, 6) is 0. The SMILES string of the molecule is C1=COCC=N1. The molecular weight excluding hydrogens is 78.0 g/mol. The minimum atomic E-state index is 0.622. The monoisotopic (exact) mass is 83.0 g/mol. The molecule has 1 aliphatic rings. The first-order chi connectivity index (χ1) is 3.00. The van der Waals surface area contributed by atoms with Crippen LogP contribution in [0.3, 0.4) is 0 Å². The molecule has 32 valence electrons. The van der Waals surface area contributed by atoms with Gasteiger partial charge in [0.1, 0.15) is 12.9 Å². The Morgan fingerprint density at radius 1 is 1.67 bits per heavy atom. The molecule has 1 rings (SSSR count). The molecule has 0 N–H and O–H groups in total. The smallest absolute Gasteiger partial charge is 0.123 e. The van der Waals surface area contributed by atoms with Crippen molar-refractivity contribution in [2.24, 2.45) is 4.99 Å². The minimum Gasteiger partial charge on any atom is -0.494 e. The summed E-state index contributed by atoms with van der Waals surface area (Å²) in [7, 11) is 0. The lowest BCUT2D eigenvalue weighted by molar-refractivity contribution is 0.300. The van der Waals surface area contributed by atoms with Crippen molar-refractivity contribution >= 4 is 6.21 Å². The number of ether oxygens (including phenoxy) is 1. The summed E-state index contributed by atoms with van der Waals surface area (Å²) in [6, 6.07) is 0. The molecular formula is C4H5NO. The van der Waals surface area contributed by atoms with E-state index in [0.29, 0.717) is 6.61 Å². The van der Waals surface area contributed by atoms with E-state index >= 15 is 0 Å². The first kappa shape index (κ1) is 3.40. The van der Waals surface area contributed by atoms with Gasteiger partial charge in [-0.05, 0) is 0 Å². The van der Waals surface area contributed by atoms with Crippen molar-refractivity contribution in [1.82, 2.24) is 0 Å². The Labute approximate surface area is 36.1 Å². The topological polar surface area (TPSA) is 21.6 Å². The van der Waals surface area contributed by atoms with Crippen molar-refractivity contribution in [3.05, 3.63) is 12.5 Å². The highest BCUT2D eigenvalue weighted by Gasteiger charge is 1.76. The van der Waals surface area contributed by atoms with Crippen LogP contribution in [0.15, 0.2) is 17.5 Å². The maximum atomic E-state index is 4.74. The lowest BCUT2D eigenvalue weighted by Crippen LogP contribution is -1.90. The first-order valence-electron chi connectivity index (χ1n) is 1.78. The van der Waals surface area contributed by atoms with Gasteiger partial charge in [-0.1, -0.05) is 0 Å². The third-order valence-electron chi connectivity index (χ3n) is 0.519. The molecule has 1 aliphatic heterocycles. The molecule has 0 saturated carbocycles. The molecule has 0 aromatic rings. The molecule has 0 fully saturated rings. The van der Waals surface area contributed by atoms with Crippen molar-refractivity contribution in [1.29, 1.82) is 0 Å². The van der Waals surface area contributed by atoms with Crippen LogP contribution < -0.4 is 0 Å². The second kappa shape index (κ2) is 1.60. The van der Waals surface area contributed by atoms with Gasteiger partial charge in [-0.25, -0.2) is 0 Å². The Morgan fingerprint density at radius 2 is 2.67 bits per heavy atom. The number of aliphatic imine (C=N–C) groups is 1. The summed E-state index contributed by atoms with van der Waals surface area (Å²) in [5, 5.41) is 0. The fourth-order valence-corrected chi connectivity index (χ4v) is 0.281. The van der Waals surface area contributed by atoms with Crippen LogP contribution in [0.5, 0.6) is 0 Å². The van der Waals surface area contributed by atoms with Crippen LogP contribution in [0.2, 0.25) is 0 Å². The van der Waals surface area contributed by atoms with Crippen LogP contribution in [-0.4, -0.2) is 12.8 Å². The summed E-state index contributed by atoms with van der Waals surface area (Å²) in [4.78, 5) is 3.75. The van der Waals surface area contributed by atoms with Gasteiger partial charge in [0, 0.05) is 6.21 Å². The summed E-state index contributed by atoms with van der Waals surface area (Å²) in [6.07, 6.45) is 4.89. The first-order valence-corrected chi connectivity index (χ1v) is 1.78. The largest absolute Gasteiger partial charge is 0.494 e. The Morgan fingerprint density at radius 3 is 2.83 bits per heavy atom. The van der Waals surface area contributed by atoms with Gasteiger partial charge in [-0.3, -0.25) is 4.99 Å². The highest BCUT2D eigenvalue weighted by molar-refractivity contribution is 5.60. The predicted molar refractivity (Wildman–Crippen MR) is 23.6 cm³/mol. The van der Waals surface area contributed by atoms with Gasteiger partial charge in [0.25, 0.3) is 0 Å². The zero-order valence-corrected chi connectivity index (χ0v) is 3.29. The third kappa shape index (κ3) is 0.578. The van der Waals surface area contributed by atoms with E-state index in [1.807, 2.05) is 0 Å². The Bertz CT molecular complexity index is 73.5. The normalized spacial score (nSPS) is 17.3. The van der Waals surface area contributed by atoms with E-state index in [-0.39, 0.29) is 0 Å². The number of hydrogen-bond acceptors (Lipinski definition) is 2. The molecule has 6 heavy (non-hydrogen) atoms. The van der Waals surface area contributed by atoms with Gasteiger partial charge in [-0.15, -0.1) is 0 Å². The number of hydrogen-bond donors (Lipinski definition) is 0. The Balaban J connectivity index is 2.46. The summed E-state index contributed by atoms with van der Waals surface area (Å²) < 4.78 is 4.74. The van der Waals surface area contributed by atoms with E-state index in [1.54, 1.807) is 18.7 Å². The van der Waals surface area contributed by atoms with Gasteiger partial charge in [0.2, 0.25) is 0 Å². The van der Waals surface area contributed by atoms with Crippen LogP contribution >= 0.6 is 0 Å². The van der Waals surface area contributed by atoms with Crippen LogP contribution in [0.25, 0.3) is 0 Å². The van der Waals surface area contributed by atoms with Crippen molar-refractivity contribution < 1.29 is 4.74 Å². The molecule has 2 heteroatoms. The lowest BCUT2D eigenvalue weighted by atomic mass is 10.7. The predicted octanol–water partition coefficient (Wildman–Crippen LogP) is 0.559. The van der Waals surface area contributed by atoms with Crippen molar-refractivity contribution in [2.75, 3.05) is 6.61 Å². The molecule has 1 heterocycles. The molecule has 0 spiro atoms. The third-order valence-corrected chi connectivity index (χ3v) is 0.519. The van der Waals surface area contributed by atoms with Gasteiger partial charge in [0.15, 0.2) is 0 Å². The van der Waals surface area contributed by atoms with Gasteiger partial charge < -0.3 is 4.74 Å². The molecule has 0 atom stereocenters. The van der Waals surface area contributed by atoms with Gasteiger partial charge >= 0.3 is 0 Å². The van der Waals surface area contributed by atoms with Crippen LogP contribution in [0, 0.1) is 0 Å². The molecule has 0 aromatic carbocycles. The van der Waals surface area contributed by atoms with Gasteiger partial charge in [-0.2, -0.15) is 0 Å². The van der Waals surface area contributed by atoms with Crippen LogP contribution in [0.4, 0.5) is 0 Å². The van der Waals surface area contributed by atoms with Gasteiger partial charge in [0.05, 0.1) is 6.20 Å². The van der Waals surface area contributed by atoms with Crippen LogP contribution in [-0.2, 0) is 4.74 Å². The summed E-state index contributed by atoms with van der Waals surface area (Å²) >= 11 is 0. The van der Waals surface area contributed by atoms with E-state index in [1.165, 1.54) is 0 Å². The van der Waals surface area contributed by atoms with E-state index in [4.69, 9.17) is 4.74 Å². The minimum absolute atomic E-state index is 0.622. The van der Waals surface area contributed by atoms with Crippen LogP contribution in [0.1, 0.15) is 0 Å². The molecule has 2 nitrogen and oxygen atoms in total. The second-order valence-electron chi connectivity index (χ2n) is 0.950. The average molecular weight is 83.1 g/mol. The fraction of sp³-hybridized carbons (Fsp3) is 0.250. The summed E-state index contributed by atoms with van der Waals surface area (Å²) in [5.41, 5.74) is 0. The lowest BCUT2D eigenvalue weighted by Gasteiger charge is -1.94. The molecule has 0 unspecified atom stereocenters. The van der Waals surface area contributed by atoms with Crippen molar-refractivity contribution in [3.8, 4) is 0 Å². The van der Waals surface area contributed by atoms with E-state index in [0.717, 1.165) is 0 Å². The summed E-state index contributed by atoms with van der Waals surface area (Å²) in [6.45, 7) is 0.622. The zero-order chi connectivity index (χ0) is 4.24. The zero-order valence-electron chi connectivity index (χ0n) is 3.29. The molecule has 0 aromatic heterocycles. The number of nitrogens with zero attached hydrogens (tertiary/aromatic N) is 1. The molecule has 0 radical (unpaired) electrons. The highest BCUT2D eigenvalue weighted by Crippen LogP contribution is 1.82. The quantitative estimate of drug-likeness (QED) is 0.419. The van der Waals surface area contributed by atoms with E-state index in [9.17, 15) is 0 Å². The second-order valence-corrected chi connectivity index (χ2v) is 0.950. The fourth-order valence-electron chi connectivity index (χ4n) is 0.281. The van der Waals surface area contributed by atoms with E-state index < -0.39 is 0 Å². The molecule has 0 bridgehead atoms. The molecule has 0 aliphatic carbocycles. The maximum absolute atomic E-state index is 4.74. The highest BCUT2D eigenvalue weighted by atomic mass is 16.5. The Kier molecular flexibility index (Phi) is 0.906. The standard InChI is InChI=1S/C4H5NO/c1-3-6-4-2-5-1/h1-3H,4H2. The van der Waals surface area contributed by atoms with Crippen molar-refractivity contribution in [2.45, 2.75) is 0 Å². The molecule has 0 amide bonds.